The van der Waals surface area contributed by atoms with Crippen molar-refractivity contribution in [1.29, 1.82) is 0 Å². The van der Waals surface area contributed by atoms with Gasteiger partial charge < -0.3 is 10.2 Å². The lowest BCUT2D eigenvalue weighted by atomic mass is 10.1. The number of likely N-dealkylation sites (tertiary alicyclic amines) is 1. The number of rotatable bonds is 3. The Morgan fingerprint density at radius 2 is 1.88 bits per heavy atom. The third-order valence-corrected chi connectivity index (χ3v) is 5.07. The lowest BCUT2D eigenvalue weighted by Gasteiger charge is -2.32. The van der Waals surface area contributed by atoms with E-state index in [2.05, 4.69) is 20.4 Å². The first-order valence-corrected chi connectivity index (χ1v) is 8.76. The van der Waals surface area contributed by atoms with Crippen LogP contribution in [0.1, 0.15) is 16.9 Å². The number of carbonyl (C=O) groups excluding carboxylic acids is 1. The first kappa shape index (κ1) is 18.8. The maximum absolute atomic E-state index is 13.0. The Labute approximate surface area is 158 Å². The van der Waals surface area contributed by atoms with Crippen molar-refractivity contribution in [1.82, 2.24) is 25.3 Å². The van der Waals surface area contributed by atoms with Gasteiger partial charge in [0.1, 0.15) is 11.5 Å². The highest BCUT2D eigenvalue weighted by Gasteiger charge is 2.31. The smallest absolute Gasteiger partial charge is 0.271 e. The number of carbonyl (C=O) groups is 1. The number of amides is 1. The molecule has 1 aromatic heterocycles. The number of halogens is 2. The van der Waals surface area contributed by atoms with E-state index in [-0.39, 0.29) is 24.1 Å². The van der Waals surface area contributed by atoms with Gasteiger partial charge >= 0.3 is 0 Å². The van der Waals surface area contributed by atoms with Crippen molar-refractivity contribution >= 4 is 18.3 Å². The highest BCUT2D eigenvalue weighted by atomic mass is 35.5. The van der Waals surface area contributed by atoms with Crippen LogP contribution in [0.2, 0.25) is 0 Å². The molecule has 8 heteroatoms. The number of benzene rings is 1. The Morgan fingerprint density at radius 1 is 1.15 bits per heavy atom. The number of nitrogens with zero attached hydrogens (tertiary/aromatic N) is 3. The third-order valence-electron chi connectivity index (χ3n) is 5.07. The van der Waals surface area contributed by atoms with E-state index in [1.807, 2.05) is 4.90 Å². The van der Waals surface area contributed by atoms with Gasteiger partial charge in [0.15, 0.2) is 0 Å². The van der Waals surface area contributed by atoms with Gasteiger partial charge in [-0.25, -0.2) is 4.39 Å². The molecular weight excluding hydrogens is 357 g/mol. The maximum atomic E-state index is 13.0. The van der Waals surface area contributed by atoms with Crippen LogP contribution in [0.25, 0.3) is 11.3 Å². The highest BCUT2D eigenvalue weighted by molar-refractivity contribution is 5.93. The van der Waals surface area contributed by atoms with E-state index in [0.717, 1.165) is 51.3 Å². The number of aromatic amines is 1. The summed E-state index contributed by atoms with van der Waals surface area (Å²) in [7, 11) is 0. The van der Waals surface area contributed by atoms with Crippen LogP contribution in [0.4, 0.5) is 4.39 Å². The molecule has 26 heavy (non-hydrogen) atoms. The molecule has 2 N–H and O–H groups in total. The van der Waals surface area contributed by atoms with Crippen molar-refractivity contribution in [3.63, 3.8) is 0 Å². The Morgan fingerprint density at radius 3 is 2.62 bits per heavy atom. The summed E-state index contributed by atoms with van der Waals surface area (Å²) in [6.07, 6.45) is 1.02. The average Bonchev–Trinajstić information content (AvgIpc) is 3.33. The van der Waals surface area contributed by atoms with Crippen molar-refractivity contribution in [2.24, 2.45) is 0 Å². The van der Waals surface area contributed by atoms with E-state index in [1.165, 1.54) is 12.1 Å². The van der Waals surface area contributed by atoms with Crippen LogP contribution in [0.5, 0.6) is 0 Å². The highest BCUT2D eigenvalue weighted by Crippen LogP contribution is 2.21. The molecule has 4 rings (SSSR count). The van der Waals surface area contributed by atoms with Crippen LogP contribution in [0.15, 0.2) is 30.3 Å². The molecule has 2 saturated heterocycles. The molecule has 1 aromatic carbocycles. The Hall–Kier alpha value is -1.96. The third kappa shape index (κ3) is 3.90. The molecule has 0 bridgehead atoms. The van der Waals surface area contributed by atoms with Crippen LogP contribution in [-0.2, 0) is 0 Å². The fourth-order valence-electron chi connectivity index (χ4n) is 3.64. The molecule has 0 spiro atoms. The molecule has 2 aliphatic heterocycles. The lowest BCUT2D eigenvalue weighted by molar-refractivity contribution is 0.0767. The summed E-state index contributed by atoms with van der Waals surface area (Å²) in [5.41, 5.74) is 1.93. The molecule has 140 valence electrons. The summed E-state index contributed by atoms with van der Waals surface area (Å²) in [5.74, 6) is -0.301. The fraction of sp³-hybridized carbons (Fsp3) is 0.444. The Balaban J connectivity index is 0.00000196. The van der Waals surface area contributed by atoms with E-state index in [9.17, 15) is 9.18 Å². The van der Waals surface area contributed by atoms with Gasteiger partial charge in [-0.2, -0.15) is 5.10 Å². The van der Waals surface area contributed by atoms with Crippen molar-refractivity contribution in [3.05, 3.63) is 41.8 Å². The molecule has 0 aliphatic carbocycles. The van der Waals surface area contributed by atoms with Crippen LogP contribution < -0.4 is 5.32 Å². The molecule has 2 fully saturated rings. The van der Waals surface area contributed by atoms with Crippen LogP contribution >= 0.6 is 12.4 Å². The minimum atomic E-state index is -0.286. The van der Waals surface area contributed by atoms with Gasteiger partial charge in [0.05, 0.1) is 5.69 Å². The summed E-state index contributed by atoms with van der Waals surface area (Å²) in [5, 5.41) is 10.4. The van der Waals surface area contributed by atoms with Crippen LogP contribution in [-0.4, -0.2) is 71.2 Å². The number of H-pyrrole nitrogens is 1. The summed E-state index contributed by atoms with van der Waals surface area (Å²) in [6.45, 7) is 5.68. The second kappa shape index (κ2) is 8.16. The van der Waals surface area contributed by atoms with Gasteiger partial charge in [0.25, 0.3) is 5.91 Å². The second-order valence-electron chi connectivity index (χ2n) is 6.65. The number of piperazine rings is 1. The largest absolute Gasteiger partial charge is 0.336 e. The summed E-state index contributed by atoms with van der Waals surface area (Å²) in [6, 6.07) is 8.30. The van der Waals surface area contributed by atoms with E-state index in [4.69, 9.17) is 0 Å². The van der Waals surface area contributed by atoms with Gasteiger partial charge in [-0.3, -0.25) is 14.8 Å². The van der Waals surface area contributed by atoms with E-state index >= 15 is 0 Å². The minimum Gasteiger partial charge on any atom is -0.336 e. The quantitative estimate of drug-likeness (QED) is 0.853. The van der Waals surface area contributed by atoms with Crippen molar-refractivity contribution in [2.45, 2.75) is 12.5 Å². The predicted octanol–water partition coefficient (Wildman–Crippen LogP) is 1.76. The first-order chi connectivity index (χ1) is 12.2. The molecule has 2 aliphatic rings. The standard InChI is InChI=1S/C18H22FN5O.ClH/c19-14-3-1-13(2-4-14)16-11-17(22-21-16)18(25)24-8-5-15(12-24)23-9-6-20-7-10-23;/h1-4,11,15,20H,5-10,12H2,(H,21,22);1H. The van der Waals surface area contributed by atoms with E-state index in [0.29, 0.717) is 17.4 Å². The normalized spacial score (nSPS) is 20.8. The van der Waals surface area contributed by atoms with E-state index < -0.39 is 0 Å². The van der Waals surface area contributed by atoms with Gasteiger partial charge in [-0.15, -0.1) is 12.4 Å². The zero-order chi connectivity index (χ0) is 17.2. The Kier molecular flexibility index (Phi) is 5.90. The Bertz CT molecular complexity index is 744. The number of hydrogen-bond donors (Lipinski definition) is 2. The summed E-state index contributed by atoms with van der Waals surface area (Å²) < 4.78 is 13.0. The van der Waals surface area contributed by atoms with Gasteiger partial charge in [-0.1, -0.05) is 0 Å². The molecule has 0 saturated carbocycles. The second-order valence-corrected chi connectivity index (χ2v) is 6.65. The number of hydrogen-bond acceptors (Lipinski definition) is 4. The van der Waals surface area contributed by atoms with Gasteiger partial charge in [-0.05, 0) is 36.8 Å². The zero-order valence-electron chi connectivity index (χ0n) is 14.4. The molecule has 1 atom stereocenters. The predicted molar refractivity (Wildman–Crippen MR) is 100.0 cm³/mol. The monoisotopic (exact) mass is 379 g/mol. The first-order valence-electron chi connectivity index (χ1n) is 8.76. The molecular formula is C18H23ClFN5O. The fourth-order valence-corrected chi connectivity index (χ4v) is 3.64. The SMILES string of the molecule is Cl.O=C(c1cc(-c2ccc(F)cc2)n[nH]1)N1CCC(N2CCNCC2)C1. The molecule has 1 amide bonds. The molecule has 0 radical (unpaired) electrons. The lowest BCUT2D eigenvalue weighted by Crippen LogP contribution is -2.49. The van der Waals surface area contributed by atoms with Gasteiger partial charge in [0, 0.05) is 50.9 Å². The summed E-state index contributed by atoms with van der Waals surface area (Å²) >= 11 is 0. The van der Waals surface area contributed by atoms with Crippen LogP contribution in [0.3, 0.4) is 0 Å². The van der Waals surface area contributed by atoms with E-state index in [1.54, 1.807) is 18.2 Å². The molecule has 2 aromatic rings. The minimum absolute atomic E-state index is 0. The topological polar surface area (TPSA) is 64.3 Å². The summed E-state index contributed by atoms with van der Waals surface area (Å²) in [4.78, 5) is 17.1. The zero-order valence-corrected chi connectivity index (χ0v) is 15.3. The maximum Gasteiger partial charge on any atom is 0.271 e. The van der Waals surface area contributed by atoms with Crippen molar-refractivity contribution < 1.29 is 9.18 Å². The molecule has 1 unspecified atom stereocenters. The van der Waals surface area contributed by atoms with Gasteiger partial charge in [0.2, 0.25) is 0 Å². The van der Waals surface area contributed by atoms with Crippen molar-refractivity contribution in [3.8, 4) is 11.3 Å². The number of aromatic nitrogens is 2. The molecule has 3 heterocycles. The molecule has 6 nitrogen and oxygen atoms in total. The average molecular weight is 380 g/mol. The van der Waals surface area contributed by atoms with Crippen molar-refractivity contribution in [2.75, 3.05) is 39.3 Å². The van der Waals surface area contributed by atoms with Crippen LogP contribution in [0, 0.1) is 5.82 Å². The number of nitrogens with one attached hydrogen (secondary N) is 2.